The van der Waals surface area contributed by atoms with Crippen LogP contribution in [0.25, 0.3) is 11.1 Å². The van der Waals surface area contributed by atoms with Crippen molar-refractivity contribution in [3.63, 3.8) is 0 Å². The minimum atomic E-state index is 0.613. The maximum Gasteiger partial charge on any atom is 0.115 e. The molecule has 2 aliphatic heterocycles. The van der Waals surface area contributed by atoms with E-state index in [4.69, 9.17) is 0 Å². The van der Waals surface area contributed by atoms with Crippen LogP contribution < -0.4 is 4.90 Å². The van der Waals surface area contributed by atoms with E-state index in [1.54, 1.807) is 6.33 Å². The van der Waals surface area contributed by atoms with Gasteiger partial charge in [0.05, 0.1) is 0 Å². The third kappa shape index (κ3) is 3.47. The summed E-state index contributed by atoms with van der Waals surface area (Å²) in [4.78, 5) is 13.7. The first-order chi connectivity index (χ1) is 13.3. The number of likely N-dealkylation sites (tertiary alicyclic amines) is 1. The van der Waals surface area contributed by atoms with E-state index in [0.717, 1.165) is 11.6 Å². The molecule has 0 N–H and O–H groups in total. The Morgan fingerprint density at radius 2 is 1.56 bits per heavy atom. The standard InChI is InChI=1S/C23H30N4/c1-3-19(20-16-24-18-25-17-20)15-22(6-1)27-13-9-23(10-14-27)7-11-26(12-8-23)21-4-2-5-21/h1,3,6,15-18,21H,2,4-5,7-14H2. The van der Waals surface area contributed by atoms with Crippen molar-refractivity contribution in [1.82, 2.24) is 14.9 Å². The van der Waals surface area contributed by atoms with Crippen molar-refractivity contribution < 1.29 is 0 Å². The van der Waals surface area contributed by atoms with Gasteiger partial charge in [0.2, 0.25) is 0 Å². The average Bonchev–Trinajstić information content (AvgIpc) is 2.70. The summed E-state index contributed by atoms with van der Waals surface area (Å²) in [6.45, 7) is 5.07. The first-order valence-electron chi connectivity index (χ1n) is 10.7. The molecule has 1 spiro atoms. The number of anilines is 1. The smallest absolute Gasteiger partial charge is 0.115 e. The van der Waals surface area contributed by atoms with Crippen molar-refractivity contribution in [3.05, 3.63) is 43.0 Å². The number of nitrogens with zero attached hydrogens (tertiary/aromatic N) is 4. The normalized spacial score (nSPS) is 23.3. The van der Waals surface area contributed by atoms with Crippen LogP contribution in [0, 0.1) is 5.41 Å². The fourth-order valence-electron chi connectivity index (χ4n) is 5.18. The molecule has 1 aromatic carbocycles. The largest absolute Gasteiger partial charge is 0.371 e. The molecule has 3 heterocycles. The summed E-state index contributed by atoms with van der Waals surface area (Å²) in [6.07, 6.45) is 15.3. The Kier molecular flexibility index (Phi) is 4.60. The van der Waals surface area contributed by atoms with Crippen LogP contribution in [-0.4, -0.2) is 47.1 Å². The second kappa shape index (κ2) is 7.23. The Morgan fingerprint density at radius 3 is 2.22 bits per heavy atom. The highest BCUT2D eigenvalue weighted by molar-refractivity contribution is 5.67. The highest BCUT2D eigenvalue weighted by Crippen LogP contribution is 2.43. The van der Waals surface area contributed by atoms with E-state index in [9.17, 15) is 0 Å². The highest BCUT2D eigenvalue weighted by Gasteiger charge is 2.39. The Balaban J connectivity index is 1.22. The fraction of sp³-hybridized carbons (Fsp3) is 0.565. The highest BCUT2D eigenvalue weighted by atomic mass is 15.2. The van der Waals surface area contributed by atoms with E-state index in [1.165, 1.54) is 82.4 Å². The van der Waals surface area contributed by atoms with Crippen molar-refractivity contribution in [3.8, 4) is 11.1 Å². The van der Waals surface area contributed by atoms with Crippen LogP contribution in [0.15, 0.2) is 43.0 Å². The third-order valence-corrected chi connectivity index (χ3v) is 7.38. The molecule has 1 saturated carbocycles. The maximum atomic E-state index is 4.16. The summed E-state index contributed by atoms with van der Waals surface area (Å²) in [5, 5.41) is 0. The van der Waals surface area contributed by atoms with Gasteiger partial charge in [-0.2, -0.15) is 0 Å². The molecule has 3 aliphatic rings. The molecule has 27 heavy (non-hydrogen) atoms. The van der Waals surface area contributed by atoms with Crippen molar-refractivity contribution >= 4 is 5.69 Å². The van der Waals surface area contributed by atoms with Crippen LogP contribution >= 0.6 is 0 Å². The van der Waals surface area contributed by atoms with Crippen molar-refractivity contribution in [2.24, 2.45) is 5.41 Å². The Hall–Kier alpha value is -1.94. The van der Waals surface area contributed by atoms with Crippen molar-refractivity contribution in [2.75, 3.05) is 31.1 Å². The molecule has 1 aromatic heterocycles. The molecule has 2 aromatic rings. The van der Waals surface area contributed by atoms with E-state index in [2.05, 4.69) is 44.0 Å². The van der Waals surface area contributed by atoms with Gasteiger partial charge in [0.25, 0.3) is 0 Å². The van der Waals surface area contributed by atoms with Gasteiger partial charge in [0.1, 0.15) is 6.33 Å². The summed E-state index contributed by atoms with van der Waals surface area (Å²) in [5.74, 6) is 0. The Bertz CT molecular complexity index is 753. The van der Waals surface area contributed by atoms with Crippen molar-refractivity contribution in [2.45, 2.75) is 51.0 Å². The summed E-state index contributed by atoms with van der Waals surface area (Å²) in [5.41, 5.74) is 4.26. The lowest BCUT2D eigenvalue weighted by Crippen LogP contribution is -2.50. The third-order valence-electron chi connectivity index (χ3n) is 7.38. The molecular formula is C23H30N4. The predicted molar refractivity (Wildman–Crippen MR) is 110 cm³/mol. The molecule has 4 nitrogen and oxygen atoms in total. The number of benzene rings is 1. The maximum absolute atomic E-state index is 4.16. The lowest BCUT2D eigenvalue weighted by Gasteiger charge is -2.50. The molecule has 0 radical (unpaired) electrons. The van der Waals surface area contributed by atoms with E-state index >= 15 is 0 Å². The molecule has 4 heteroatoms. The second-order valence-electron chi connectivity index (χ2n) is 8.79. The van der Waals surface area contributed by atoms with Gasteiger partial charge in [-0.25, -0.2) is 9.97 Å². The summed E-state index contributed by atoms with van der Waals surface area (Å²) in [7, 11) is 0. The number of aromatic nitrogens is 2. The minimum Gasteiger partial charge on any atom is -0.371 e. The molecule has 0 amide bonds. The van der Waals surface area contributed by atoms with E-state index < -0.39 is 0 Å². The SMILES string of the molecule is c1cc(-c2cncnc2)cc(N2CCC3(CC2)CCN(C2CCC2)CC3)c1. The molecule has 3 fully saturated rings. The van der Waals surface area contributed by atoms with Gasteiger partial charge in [0, 0.05) is 42.8 Å². The van der Waals surface area contributed by atoms with Crippen LogP contribution in [0.2, 0.25) is 0 Å². The molecular weight excluding hydrogens is 332 g/mol. The van der Waals surface area contributed by atoms with Gasteiger partial charge in [-0.1, -0.05) is 18.6 Å². The lowest BCUT2D eigenvalue weighted by molar-refractivity contribution is 0.0306. The van der Waals surface area contributed by atoms with Gasteiger partial charge >= 0.3 is 0 Å². The average molecular weight is 363 g/mol. The van der Waals surface area contributed by atoms with Gasteiger partial charge in [0.15, 0.2) is 0 Å². The van der Waals surface area contributed by atoms with Crippen molar-refractivity contribution in [1.29, 1.82) is 0 Å². The molecule has 0 unspecified atom stereocenters. The first-order valence-corrected chi connectivity index (χ1v) is 10.7. The van der Waals surface area contributed by atoms with Gasteiger partial charge in [-0.05, 0) is 74.7 Å². The van der Waals surface area contributed by atoms with E-state index in [-0.39, 0.29) is 0 Å². The number of rotatable bonds is 3. The monoisotopic (exact) mass is 362 g/mol. The molecule has 0 atom stereocenters. The zero-order chi connectivity index (χ0) is 18.1. The summed E-state index contributed by atoms with van der Waals surface area (Å²) in [6, 6.07) is 9.80. The molecule has 0 bridgehead atoms. The van der Waals surface area contributed by atoms with E-state index in [1.807, 2.05) is 12.4 Å². The summed E-state index contributed by atoms with van der Waals surface area (Å²) < 4.78 is 0. The van der Waals surface area contributed by atoms with Crippen LogP contribution in [0.4, 0.5) is 5.69 Å². The Morgan fingerprint density at radius 1 is 0.852 bits per heavy atom. The topological polar surface area (TPSA) is 32.3 Å². The van der Waals surface area contributed by atoms with E-state index in [0.29, 0.717) is 5.41 Å². The predicted octanol–water partition coefficient (Wildman–Crippen LogP) is 4.38. The number of hydrogen-bond donors (Lipinski definition) is 0. The molecule has 1 aliphatic carbocycles. The zero-order valence-electron chi connectivity index (χ0n) is 16.2. The number of piperidine rings is 2. The fourth-order valence-corrected chi connectivity index (χ4v) is 5.18. The first kappa shape index (κ1) is 17.2. The zero-order valence-corrected chi connectivity index (χ0v) is 16.2. The van der Waals surface area contributed by atoms with Crippen LogP contribution in [-0.2, 0) is 0 Å². The minimum absolute atomic E-state index is 0.613. The van der Waals surface area contributed by atoms with Gasteiger partial charge < -0.3 is 9.80 Å². The molecule has 5 rings (SSSR count). The molecule has 2 saturated heterocycles. The van der Waals surface area contributed by atoms with Crippen LogP contribution in [0.3, 0.4) is 0 Å². The number of hydrogen-bond acceptors (Lipinski definition) is 4. The van der Waals surface area contributed by atoms with Gasteiger partial charge in [-0.3, -0.25) is 0 Å². The lowest BCUT2D eigenvalue weighted by atomic mass is 9.70. The Labute approximate surface area is 162 Å². The second-order valence-corrected chi connectivity index (χ2v) is 8.79. The quantitative estimate of drug-likeness (QED) is 0.811. The van der Waals surface area contributed by atoms with Crippen LogP contribution in [0.1, 0.15) is 44.9 Å². The summed E-state index contributed by atoms with van der Waals surface area (Å²) >= 11 is 0. The van der Waals surface area contributed by atoms with Crippen LogP contribution in [0.5, 0.6) is 0 Å². The molecule has 142 valence electrons. The van der Waals surface area contributed by atoms with Gasteiger partial charge in [-0.15, -0.1) is 0 Å².